The third kappa shape index (κ3) is 1.31. The van der Waals surface area contributed by atoms with Crippen LogP contribution in [-0.4, -0.2) is 20.4 Å². The van der Waals surface area contributed by atoms with E-state index in [0.717, 1.165) is 29.8 Å². The summed E-state index contributed by atoms with van der Waals surface area (Å²) in [6.45, 7) is 0. The summed E-state index contributed by atoms with van der Waals surface area (Å²) in [5.74, 6) is -0.161. The van der Waals surface area contributed by atoms with Crippen LogP contribution in [0.3, 0.4) is 0 Å². The maximum absolute atomic E-state index is 13.0. The van der Waals surface area contributed by atoms with Gasteiger partial charge in [0, 0.05) is 12.1 Å². The summed E-state index contributed by atoms with van der Waals surface area (Å²) in [5.41, 5.74) is 2.80. The number of nitrogens with one attached hydrogen (secondary N) is 1. The first kappa shape index (κ1) is 8.52. The summed E-state index contributed by atoms with van der Waals surface area (Å²) in [6, 6.07) is 1.52. The van der Waals surface area contributed by atoms with Gasteiger partial charge >= 0.3 is 0 Å². The Kier molecular flexibility index (Phi) is 1.77. The first-order valence-corrected chi connectivity index (χ1v) is 4.84. The van der Waals surface area contributed by atoms with E-state index >= 15 is 0 Å². The summed E-state index contributed by atoms with van der Waals surface area (Å²) >= 11 is 0. The van der Waals surface area contributed by atoms with E-state index in [1.807, 2.05) is 0 Å². The first-order valence-electron chi connectivity index (χ1n) is 4.84. The minimum atomic E-state index is -0.301. The van der Waals surface area contributed by atoms with Gasteiger partial charge in [-0.05, 0) is 24.5 Å². The second-order valence-electron chi connectivity index (χ2n) is 3.68. The Morgan fingerprint density at radius 3 is 3.13 bits per heavy atom. The zero-order valence-electron chi connectivity index (χ0n) is 7.94. The predicted octanol–water partition coefficient (Wildman–Crippen LogP) is 1.42. The Morgan fingerprint density at radius 2 is 2.27 bits per heavy atom. The van der Waals surface area contributed by atoms with Gasteiger partial charge in [-0.2, -0.15) is 15.4 Å². The van der Waals surface area contributed by atoms with Crippen molar-refractivity contribution in [3.05, 3.63) is 41.2 Å². The van der Waals surface area contributed by atoms with Crippen molar-refractivity contribution in [1.82, 2.24) is 20.4 Å². The molecule has 2 heterocycles. The van der Waals surface area contributed by atoms with Gasteiger partial charge in [0.05, 0.1) is 17.6 Å². The SMILES string of the molecule is Fc1cncc(C2CCc3n[nH]nc32)c1. The number of hydrogen-bond donors (Lipinski definition) is 1. The lowest BCUT2D eigenvalue weighted by atomic mass is 9.99. The van der Waals surface area contributed by atoms with Crippen LogP contribution in [0.1, 0.15) is 29.3 Å². The molecule has 0 amide bonds. The fraction of sp³-hybridized carbons (Fsp3) is 0.300. The van der Waals surface area contributed by atoms with E-state index in [0.29, 0.717) is 0 Å². The quantitative estimate of drug-likeness (QED) is 0.764. The molecule has 76 valence electrons. The monoisotopic (exact) mass is 204 g/mol. The second kappa shape index (κ2) is 3.12. The van der Waals surface area contributed by atoms with Crippen LogP contribution in [0.2, 0.25) is 0 Å². The molecule has 0 radical (unpaired) electrons. The molecule has 2 aromatic heterocycles. The number of nitrogens with zero attached hydrogens (tertiary/aromatic N) is 3. The number of aryl methyl sites for hydroxylation is 1. The third-order valence-electron chi connectivity index (χ3n) is 2.78. The maximum atomic E-state index is 13.0. The molecule has 4 nitrogen and oxygen atoms in total. The lowest BCUT2D eigenvalue weighted by molar-refractivity contribution is 0.613. The fourth-order valence-electron chi connectivity index (χ4n) is 2.09. The normalized spacial score (nSPS) is 19.1. The van der Waals surface area contributed by atoms with Gasteiger partial charge in [0.1, 0.15) is 5.82 Å². The Bertz CT molecular complexity index is 494. The van der Waals surface area contributed by atoms with Crippen LogP contribution >= 0.6 is 0 Å². The van der Waals surface area contributed by atoms with Crippen molar-refractivity contribution in [3.8, 4) is 0 Å². The standard InChI is InChI=1S/C10H9FN4/c11-7-3-6(4-12-5-7)8-1-2-9-10(8)14-15-13-9/h3-5,8H,1-2H2,(H,13,14,15). The molecule has 0 spiro atoms. The summed E-state index contributed by atoms with van der Waals surface area (Å²) in [7, 11) is 0. The maximum Gasteiger partial charge on any atom is 0.141 e. The molecule has 1 atom stereocenters. The third-order valence-corrected chi connectivity index (χ3v) is 2.78. The molecule has 1 aliphatic rings. The molecule has 0 saturated carbocycles. The van der Waals surface area contributed by atoms with E-state index in [4.69, 9.17) is 0 Å². The van der Waals surface area contributed by atoms with Crippen LogP contribution in [0.25, 0.3) is 0 Å². The predicted molar refractivity (Wildman–Crippen MR) is 50.7 cm³/mol. The van der Waals surface area contributed by atoms with Crippen LogP contribution in [0, 0.1) is 5.82 Å². The first-order chi connectivity index (χ1) is 7.34. The van der Waals surface area contributed by atoms with Crippen molar-refractivity contribution in [2.24, 2.45) is 0 Å². The number of pyridine rings is 1. The smallest absolute Gasteiger partial charge is 0.141 e. The highest BCUT2D eigenvalue weighted by Crippen LogP contribution is 2.35. The lowest BCUT2D eigenvalue weighted by Gasteiger charge is -2.07. The molecule has 3 rings (SSSR count). The van der Waals surface area contributed by atoms with Crippen molar-refractivity contribution < 1.29 is 4.39 Å². The van der Waals surface area contributed by atoms with Crippen molar-refractivity contribution in [3.63, 3.8) is 0 Å². The van der Waals surface area contributed by atoms with Crippen LogP contribution in [0.4, 0.5) is 4.39 Å². The Balaban J connectivity index is 2.03. The second-order valence-corrected chi connectivity index (χ2v) is 3.68. The number of hydrogen-bond acceptors (Lipinski definition) is 3. The van der Waals surface area contributed by atoms with Gasteiger partial charge in [0.2, 0.25) is 0 Å². The molecule has 0 aliphatic heterocycles. The molecule has 0 fully saturated rings. The molecule has 0 saturated heterocycles. The summed E-state index contributed by atoms with van der Waals surface area (Å²) in [4.78, 5) is 3.85. The molecule has 5 heteroatoms. The number of H-pyrrole nitrogens is 1. The number of rotatable bonds is 1. The van der Waals surface area contributed by atoms with E-state index in [1.165, 1.54) is 12.3 Å². The molecule has 1 N–H and O–H groups in total. The van der Waals surface area contributed by atoms with Crippen molar-refractivity contribution in [1.29, 1.82) is 0 Å². The molecular formula is C10H9FN4. The topological polar surface area (TPSA) is 54.5 Å². The molecule has 0 aromatic carbocycles. The number of fused-ring (bicyclic) bond motifs is 1. The Hall–Kier alpha value is -1.78. The van der Waals surface area contributed by atoms with Gasteiger partial charge < -0.3 is 0 Å². The molecular weight excluding hydrogens is 195 g/mol. The van der Waals surface area contributed by atoms with Crippen molar-refractivity contribution in [2.45, 2.75) is 18.8 Å². The highest BCUT2D eigenvalue weighted by molar-refractivity contribution is 5.32. The van der Waals surface area contributed by atoms with Crippen LogP contribution in [0.5, 0.6) is 0 Å². The molecule has 15 heavy (non-hydrogen) atoms. The van der Waals surface area contributed by atoms with Gasteiger partial charge in [-0.1, -0.05) is 0 Å². The number of halogens is 1. The van der Waals surface area contributed by atoms with Gasteiger partial charge in [0.15, 0.2) is 0 Å². The summed E-state index contributed by atoms with van der Waals surface area (Å²) in [5, 5.41) is 10.7. The Labute approximate surface area is 85.5 Å². The molecule has 2 aromatic rings. The summed E-state index contributed by atoms with van der Waals surface area (Å²) in [6.07, 6.45) is 4.73. The molecule has 1 aliphatic carbocycles. The minimum Gasteiger partial charge on any atom is -0.261 e. The van der Waals surface area contributed by atoms with Crippen LogP contribution in [0.15, 0.2) is 18.5 Å². The highest BCUT2D eigenvalue weighted by atomic mass is 19.1. The van der Waals surface area contributed by atoms with E-state index < -0.39 is 0 Å². The van der Waals surface area contributed by atoms with E-state index in [1.54, 1.807) is 6.20 Å². The lowest BCUT2D eigenvalue weighted by Crippen LogP contribution is -1.99. The zero-order valence-corrected chi connectivity index (χ0v) is 7.94. The van der Waals surface area contributed by atoms with E-state index in [-0.39, 0.29) is 11.7 Å². The van der Waals surface area contributed by atoms with Crippen LogP contribution < -0.4 is 0 Å². The average Bonchev–Trinajstić information content (AvgIpc) is 2.77. The highest BCUT2D eigenvalue weighted by Gasteiger charge is 2.28. The van der Waals surface area contributed by atoms with Gasteiger partial charge in [-0.3, -0.25) is 4.98 Å². The molecule has 1 unspecified atom stereocenters. The molecule has 0 bridgehead atoms. The number of aromatic nitrogens is 4. The van der Waals surface area contributed by atoms with Crippen molar-refractivity contribution >= 4 is 0 Å². The van der Waals surface area contributed by atoms with Crippen molar-refractivity contribution in [2.75, 3.05) is 0 Å². The Morgan fingerprint density at radius 1 is 1.33 bits per heavy atom. The van der Waals surface area contributed by atoms with Gasteiger partial charge in [0.25, 0.3) is 0 Å². The summed E-state index contributed by atoms with van der Waals surface area (Å²) < 4.78 is 13.0. The minimum absolute atomic E-state index is 0.141. The van der Waals surface area contributed by atoms with Crippen LogP contribution in [-0.2, 0) is 6.42 Å². The largest absolute Gasteiger partial charge is 0.261 e. The number of aromatic amines is 1. The van der Waals surface area contributed by atoms with Gasteiger partial charge in [-0.15, -0.1) is 0 Å². The average molecular weight is 204 g/mol. The van der Waals surface area contributed by atoms with Gasteiger partial charge in [-0.25, -0.2) is 4.39 Å². The van der Waals surface area contributed by atoms with E-state index in [9.17, 15) is 4.39 Å². The zero-order chi connectivity index (χ0) is 10.3. The van der Waals surface area contributed by atoms with E-state index in [2.05, 4.69) is 20.4 Å². The fourth-order valence-corrected chi connectivity index (χ4v) is 2.09.